The van der Waals surface area contributed by atoms with E-state index in [9.17, 15) is 17.6 Å². The molecular formula is C13H17F4N. The maximum absolute atomic E-state index is 14.1. The number of alkyl halides is 4. The van der Waals surface area contributed by atoms with E-state index < -0.39 is 17.9 Å². The van der Waals surface area contributed by atoms with Gasteiger partial charge in [0, 0.05) is 5.92 Å². The van der Waals surface area contributed by atoms with Crippen molar-refractivity contribution in [1.29, 1.82) is 0 Å². The maximum atomic E-state index is 14.1. The molecule has 2 atom stereocenters. The molecule has 0 aliphatic heterocycles. The van der Waals surface area contributed by atoms with E-state index in [1.54, 1.807) is 0 Å². The minimum atomic E-state index is -4.39. The third kappa shape index (κ3) is 3.45. The molecule has 0 radical (unpaired) electrons. The summed E-state index contributed by atoms with van der Waals surface area (Å²) in [6.45, 7) is 3.85. The lowest BCUT2D eigenvalue weighted by Crippen LogP contribution is -2.24. The second-order valence-corrected chi connectivity index (χ2v) is 4.67. The number of hydrogen-bond acceptors (Lipinski definition) is 1. The molecule has 0 spiro atoms. The first-order chi connectivity index (χ1) is 8.27. The van der Waals surface area contributed by atoms with Crippen LogP contribution in [-0.2, 0) is 6.18 Å². The van der Waals surface area contributed by atoms with Crippen LogP contribution < -0.4 is 5.73 Å². The van der Waals surface area contributed by atoms with Gasteiger partial charge in [-0.15, -0.1) is 0 Å². The van der Waals surface area contributed by atoms with Crippen LogP contribution in [0.3, 0.4) is 0 Å². The Morgan fingerprint density at radius 2 is 1.61 bits per heavy atom. The van der Waals surface area contributed by atoms with Crippen LogP contribution in [0.25, 0.3) is 0 Å². The molecule has 0 heterocycles. The summed E-state index contributed by atoms with van der Waals surface area (Å²) in [6, 6.07) is 4.16. The van der Waals surface area contributed by atoms with Gasteiger partial charge in [-0.25, -0.2) is 4.39 Å². The van der Waals surface area contributed by atoms with Gasteiger partial charge in [0.05, 0.1) is 5.56 Å². The van der Waals surface area contributed by atoms with Crippen LogP contribution in [0.5, 0.6) is 0 Å². The first-order valence-corrected chi connectivity index (χ1v) is 5.78. The molecule has 0 saturated heterocycles. The van der Waals surface area contributed by atoms with Crippen molar-refractivity contribution in [3.05, 3.63) is 35.4 Å². The summed E-state index contributed by atoms with van der Waals surface area (Å²) >= 11 is 0. The predicted molar refractivity (Wildman–Crippen MR) is 62.7 cm³/mol. The fraction of sp³-hybridized carbons (Fsp3) is 0.538. The Kier molecular flexibility index (Phi) is 4.73. The zero-order valence-electron chi connectivity index (χ0n) is 10.3. The molecule has 0 fully saturated rings. The average Bonchev–Trinajstić information content (AvgIpc) is 2.28. The molecule has 18 heavy (non-hydrogen) atoms. The van der Waals surface area contributed by atoms with Crippen molar-refractivity contribution in [2.45, 2.75) is 26.2 Å². The van der Waals surface area contributed by atoms with E-state index in [1.807, 2.05) is 13.8 Å². The van der Waals surface area contributed by atoms with Crippen molar-refractivity contribution in [3.63, 3.8) is 0 Å². The summed E-state index contributed by atoms with van der Waals surface area (Å²) in [4.78, 5) is 0. The molecule has 0 aromatic heterocycles. The number of hydrogen-bond donors (Lipinski definition) is 1. The Balaban J connectivity index is 2.91. The molecule has 1 aromatic rings. The van der Waals surface area contributed by atoms with E-state index in [0.29, 0.717) is 0 Å². The Bertz CT molecular complexity index is 370. The normalized spacial score (nSPS) is 15.8. The van der Waals surface area contributed by atoms with Gasteiger partial charge in [0.15, 0.2) is 0 Å². The summed E-state index contributed by atoms with van der Waals surface area (Å²) in [5.74, 6) is -0.353. The van der Waals surface area contributed by atoms with Crippen molar-refractivity contribution >= 4 is 0 Å². The van der Waals surface area contributed by atoms with E-state index in [1.165, 1.54) is 12.1 Å². The lowest BCUT2D eigenvalue weighted by atomic mass is 9.87. The van der Waals surface area contributed by atoms with Crippen molar-refractivity contribution in [2.24, 2.45) is 17.6 Å². The van der Waals surface area contributed by atoms with Crippen LogP contribution in [0, 0.1) is 11.8 Å². The lowest BCUT2D eigenvalue weighted by molar-refractivity contribution is -0.137. The minimum absolute atomic E-state index is 0.0345. The van der Waals surface area contributed by atoms with E-state index in [2.05, 4.69) is 0 Å². The zero-order valence-corrected chi connectivity index (χ0v) is 10.3. The second-order valence-electron chi connectivity index (χ2n) is 4.67. The highest BCUT2D eigenvalue weighted by Gasteiger charge is 2.31. The molecule has 0 saturated carbocycles. The Morgan fingerprint density at radius 1 is 1.11 bits per heavy atom. The van der Waals surface area contributed by atoms with Crippen LogP contribution in [0.1, 0.15) is 31.1 Å². The van der Waals surface area contributed by atoms with Gasteiger partial charge < -0.3 is 5.73 Å². The van der Waals surface area contributed by atoms with Gasteiger partial charge in [-0.3, -0.25) is 0 Å². The summed E-state index contributed by atoms with van der Waals surface area (Å²) in [5, 5.41) is 0. The van der Waals surface area contributed by atoms with Crippen molar-refractivity contribution < 1.29 is 17.6 Å². The van der Waals surface area contributed by atoms with Crippen molar-refractivity contribution in [3.8, 4) is 0 Å². The van der Waals surface area contributed by atoms with Gasteiger partial charge in [-0.05, 0) is 30.2 Å². The van der Waals surface area contributed by atoms with E-state index >= 15 is 0 Å². The molecule has 1 rings (SSSR count). The molecule has 102 valence electrons. The van der Waals surface area contributed by atoms with Crippen molar-refractivity contribution in [1.82, 2.24) is 0 Å². The van der Waals surface area contributed by atoms with Crippen molar-refractivity contribution in [2.75, 3.05) is 6.54 Å². The first kappa shape index (κ1) is 15.0. The second kappa shape index (κ2) is 5.69. The maximum Gasteiger partial charge on any atom is 0.416 e. The highest BCUT2D eigenvalue weighted by molar-refractivity contribution is 5.26. The Morgan fingerprint density at radius 3 is 1.94 bits per heavy atom. The third-order valence-electron chi connectivity index (χ3n) is 3.06. The molecular weight excluding hydrogens is 246 g/mol. The van der Waals surface area contributed by atoms with Crippen LogP contribution in [0.15, 0.2) is 24.3 Å². The fourth-order valence-corrected chi connectivity index (χ4v) is 1.83. The number of halogens is 4. The average molecular weight is 263 g/mol. The number of nitrogens with two attached hydrogens (primary N) is 1. The van der Waals surface area contributed by atoms with Crippen LogP contribution >= 0.6 is 0 Å². The molecule has 0 amide bonds. The van der Waals surface area contributed by atoms with Gasteiger partial charge in [-0.1, -0.05) is 26.0 Å². The van der Waals surface area contributed by atoms with E-state index in [4.69, 9.17) is 5.73 Å². The Labute approximate surface area is 104 Å². The largest absolute Gasteiger partial charge is 0.416 e. The van der Waals surface area contributed by atoms with Crippen LogP contribution in [0.2, 0.25) is 0 Å². The smallest absolute Gasteiger partial charge is 0.330 e. The SMILES string of the molecule is CC(C)C(CN)C(F)c1ccc(C(F)(F)F)cc1. The monoisotopic (exact) mass is 263 g/mol. The molecule has 2 unspecified atom stereocenters. The quantitative estimate of drug-likeness (QED) is 0.818. The lowest BCUT2D eigenvalue weighted by Gasteiger charge is -2.23. The van der Waals surface area contributed by atoms with Crippen LogP contribution in [0.4, 0.5) is 17.6 Å². The third-order valence-corrected chi connectivity index (χ3v) is 3.06. The first-order valence-electron chi connectivity index (χ1n) is 5.78. The summed E-state index contributed by atoms with van der Waals surface area (Å²) < 4.78 is 51.2. The molecule has 5 heteroatoms. The van der Waals surface area contributed by atoms with E-state index in [0.717, 1.165) is 12.1 Å². The van der Waals surface area contributed by atoms with Gasteiger partial charge >= 0.3 is 6.18 Å². The fourth-order valence-electron chi connectivity index (χ4n) is 1.83. The Hall–Kier alpha value is -1.10. The summed E-state index contributed by atoms with van der Waals surface area (Å²) in [7, 11) is 0. The molecule has 0 aliphatic rings. The van der Waals surface area contributed by atoms with E-state index in [-0.39, 0.29) is 23.9 Å². The highest BCUT2D eigenvalue weighted by Crippen LogP contribution is 2.34. The molecule has 1 aromatic carbocycles. The van der Waals surface area contributed by atoms with Crippen LogP contribution in [-0.4, -0.2) is 6.54 Å². The zero-order chi connectivity index (χ0) is 13.9. The molecule has 0 aliphatic carbocycles. The topological polar surface area (TPSA) is 26.0 Å². The van der Waals surface area contributed by atoms with Gasteiger partial charge in [-0.2, -0.15) is 13.2 Å². The molecule has 0 bridgehead atoms. The highest BCUT2D eigenvalue weighted by atomic mass is 19.4. The molecule has 1 nitrogen and oxygen atoms in total. The number of benzene rings is 1. The standard InChI is InChI=1S/C13H17F4N/c1-8(2)11(7-18)12(14)9-3-5-10(6-4-9)13(15,16)17/h3-6,8,11-12H,7,18H2,1-2H3. The summed E-state index contributed by atoms with van der Waals surface area (Å²) in [6.07, 6.45) is -5.73. The van der Waals surface area contributed by atoms with Gasteiger partial charge in [0.1, 0.15) is 6.17 Å². The molecule has 2 N–H and O–H groups in total. The van der Waals surface area contributed by atoms with Gasteiger partial charge in [0.2, 0.25) is 0 Å². The number of rotatable bonds is 4. The predicted octanol–water partition coefficient (Wildman–Crippen LogP) is 3.95. The van der Waals surface area contributed by atoms with Gasteiger partial charge in [0.25, 0.3) is 0 Å². The minimum Gasteiger partial charge on any atom is -0.330 e. The summed E-state index contributed by atoms with van der Waals surface area (Å²) in [5.41, 5.74) is 4.96.